The van der Waals surface area contributed by atoms with E-state index >= 15 is 0 Å². The Labute approximate surface area is 141 Å². The summed E-state index contributed by atoms with van der Waals surface area (Å²) in [5, 5.41) is 8.41. The molecule has 6 heteroatoms. The van der Waals surface area contributed by atoms with Crippen LogP contribution in [0.5, 0.6) is 0 Å². The predicted octanol–water partition coefficient (Wildman–Crippen LogP) is 5.26. The van der Waals surface area contributed by atoms with Gasteiger partial charge in [0.25, 0.3) is 0 Å². The molecule has 2 aromatic carbocycles. The molecule has 0 fully saturated rings. The van der Waals surface area contributed by atoms with E-state index in [2.05, 4.69) is 22.3 Å². The topological polar surface area (TPSA) is 25.8 Å². The van der Waals surface area contributed by atoms with Crippen molar-refractivity contribution in [1.29, 1.82) is 0 Å². The number of aromatic nitrogens is 2. The van der Waals surface area contributed by atoms with Crippen molar-refractivity contribution in [3.63, 3.8) is 0 Å². The molecule has 2 nitrogen and oxygen atoms in total. The average Bonchev–Trinajstić information content (AvgIpc) is 3.01. The van der Waals surface area contributed by atoms with Crippen LogP contribution < -0.4 is 0 Å². The number of hydrogen-bond acceptors (Lipinski definition) is 5. The smallest absolute Gasteiger partial charge is 0.175 e. The molecule has 0 saturated carbocycles. The third kappa shape index (κ3) is 4.56. The van der Waals surface area contributed by atoms with Gasteiger partial charge < -0.3 is 0 Å². The zero-order chi connectivity index (χ0) is 15.2. The van der Waals surface area contributed by atoms with Gasteiger partial charge in [-0.2, -0.15) is 0 Å². The first-order chi connectivity index (χ1) is 10.8. The Morgan fingerprint density at radius 1 is 0.773 bits per heavy atom. The highest BCUT2D eigenvalue weighted by atomic mass is 32.2. The highest BCUT2D eigenvalue weighted by Gasteiger charge is 2.06. The number of benzene rings is 2. The molecule has 0 aliphatic carbocycles. The van der Waals surface area contributed by atoms with Crippen molar-refractivity contribution in [3.8, 4) is 0 Å². The first kappa shape index (κ1) is 15.5. The minimum absolute atomic E-state index is 0.204. The van der Waals surface area contributed by atoms with E-state index in [9.17, 15) is 4.39 Å². The van der Waals surface area contributed by atoms with E-state index in [1.54, 1.807) is 47.0 Å². The lowest BCUT2D eigenvalue weighted by Gasteiger charge is -1.98. The molecule has 22 heavy (non-hydrogen) atoms. The van der Waals surface area contributed by atoms with E-state index in [1.807, 2.05) is 18.2 Å². The second-order valence-corrected chi connectivity index (χ2v) is 7.95. The van der Waals surface area contributed by atoms with Gasteiger partial charge >= 0.3 is 0 Å². The molecule has 0 aliphatic rings. The number of hydrogen-bond donors (Lipinski definition) is 0. The number of nitrogens with zero attached hydrogens (tertiary/aromatic N) is 2. The number of halogens is 1. The summed E-state index contributed by atoms with van der Waals surface area (Å²) in [6.45, 7) is 0. The fraction of sp³-hybridized carbons (Fsp3) is 0.125. The molecule has 0 unspecified atom stereocenters. The van der Waals surface area contributed by atoms with Crippen LogP contribution in [-0.4, -0.2) is 10.2 Å². The van der Waals surface area contributed by atoms with Crippen molar-refractivity contribution in [2.45, 2.75) is 20.2 Å². The zero-order valence-corrected chi connectivity index (χ0v) is 14.1. The number of thioether (sulfide) groups is 2. The molecule has 1 aromatic heterocycles. The maximum Gasteiger partial charge on any atom is 0.175 e. The highest BCUT2D eigenvalue weighted by molar-refractivity contribution is 8.02. The largest absolute Gasteiger partial charge is 0.207 e. The molecule has 0 atom stereocenters. The molecule has 0 saturated heterocycles. The molecule has 0 bridgehead atoms. The Morgan fingerprint density at radius 3 is 1.91 bits per heavy atom. The summed E-state index contributed by atoms with van der Waals surface area (Å²) >= 11 is 4.94. The lowest BCUT2D eigenvalue weighted by molar-refractivity contribution is 0.627. The second kappa shape index (κ2) is 7.76. The Balaban J connectivity index is 1.51. The Kier molecular flexibility index (Phi) is 5.48. The SMILES string of the molecule is Fc1ccc(CSc2nnc(SCc3ccccc3)s2)cc1. The molecule has 0 radical (unpaired) electrons. The van der Waals surface area contributed by atoms with Crippen LogP contribution in [0, 0.1) is 5.82 Å². The van der Waals surface area contributed by atoms with Gasteiger partial charge in [0, 0.05) is 11.5 Å². The minimum Gasteiger partial charge on any atom is -0.207 e. The lowest BCUT2D eigenvalue weighted by Crippen LogP contribution is -1.81. The Morgan fingerprint density at radius 2 is 1.32 bits per heavy atom. The second-order valence-electron chi connectivity index (χ2n) is 4.52. The van der Waals surface area contributed by atoms with E-state index in [-0.39, 0.29) is 5.82 Å². The summed E-state index contributed by atoms with van der Waals surface area (Å²) in [7, 11) is 0. The predicted molar refractivity (Wildman–Crippen MR) is 91.9 cm³/mol. The molecule has 0 N–H and O–H groups in total. The van der Waals surface area contributed by atoms with Crippen molar-refractivity contribution < 1.29 is 4.39 Å². The first-order valence-corrected chi connectivity index (χ1v) is 9.46. The first-order valence-electron chi connectivity index (χ1n) is 6.67. The van der Waals surface area contributed by atoms with E-state index < -0.39 is 0 Å². The average molecular weight is 348 g/mol. The fourth-order valence-electron chi connectivity index (χ4n) is 1.76. The van der Waals surface area contributed by atoms with Crippen molar-refractivity contribution >= 4 is 34.9 Å². The van der Waals surface area contributed by atoms with Crippen molar-refractivity contribution in [1.82, 2.24) is 10.2 Å². The number of rotatable bonds is 6. The Hall–Kier alpha value is -1.37. The molecule has 3 rings (SSSR count). The fourth-order valence-corrected chi connectivity index (χ4v) is 4.69. The summed E-state index contributed by atoms with van der Waals surface area (Å²) < 4.78 is 14.8. The highest BCUT2D eigenvalue weighted by Crippen LogP contribution is 2.32. The van der Waals surface area contributed by atoms with Gasteiger partial charge in [-0.1, -0.05) is 77.3 Å². The van der Waals surface area contributed by atoms with Crippen LogP contribution in [0.4, 0.5) is 4.39 Å². The summed E-state index contributed by atoms with van der Waals surface area (Å²) in [4.78, 5) is 0. The van der Waals surface area contributed by atoms with E-state index in [4.69, 9.17) is 0 Å². The van der Waals surface area contributed by atoms with E-state index in [1.165, 1.54) is 17.7 Å². The van der Waals surface area contributed by atoms with Crippen LogP contribution in [0.3, 0.4) is 0 Å². The van der Waals surface area contributed by atoms with Crippen LogP contribution in [-0.2, 0) is 11.5 Å². The summed E-state index contributed by atoms with van der Waals surface area (Å²) in [5.41, 5.74) is 2.36. The van der Waals surface area contributed by atoms with Crippen molar-refractivity contribution in [2.24, 2.45) is 0 Å². The standard InChI is InChI=1S/C16H13FN2S3/c17-14-8-6-13(7-9-14)11-21-16-19-18-15(22-16)20-10-12-4-2-1-3-5-12/h1-9H,10-11H2. The van der Waals surface area contributed by atoms with Crippen molar-refractivity contribution in [3.05, 3.63) is 71.5 Å². The van der Waals surface area contributed by atoms with Crippen LogP contribution >= 0.6 is 34.9 Å². The third-order valence-electron chi connectivity index (χ3n) is 2.87. The zero-order valence-electron chi connectivity index (χ0n) is 11.6. The van der Waals surface area contributed by atoms with Gasteiger partial charge in [0.15, 0.2) is 8.68 Å². The van der Waals surface area contributed by atoms with Crippen molar-refractivity contribution in [2.75, 3.05) is 0 Å². The van der Waals surface area contributed by atoms with E-state index in [0.717, 1.165) is 25.7 Å². The molecule has 3 aromatic rings. The molecule has 0 amide bonds. The van der Waals surface area contributed by atoms with Gasteiger partial charge in [-0.25, -0.2) is 4.39 Å². The van der Waals surface area contributed by atoms with Crippen LogP contribution in [0.1, 0.15) is 11.1 Å². The summed E-state index contributed by atoms with van der Waals surface area (Å²) in [6.07, 6.45) is 0. The van der Waals surface area contributed by atoms with Crippen LogP contribution in [0.25, 0.3) is 0 Å². The maximum absolute atomic E-state index is 12.8. The molecule has 0 spiro atoms. The van der Waals surface area contributed by atoms with Gasteiger partial charge in [0.05, 0.1) is 0 Å². The lowest BCUT2D eigenvalue weighted by atomic mass is 10.2. The van der Waals surface area contributed by atoms with Gasteiger partial charge in [-0.15, -0.1) is 10.2 Å². The molecule has 0 aliphatic heterocycles. The third-order valence-corrected chi connectivity index (χ3v) is 6.20. The summed E-state index contributed by atoms with van der Waals surface area (Å²) in [5.74, 6) is 1.47. The minimum atomic E-state index is -0.204. The van der Waals surface area contributed by atoms with Crippen LogP contribution in [0.2, 0.25) is 0 Å². The molecular formula is C16H13FN2S3. The Bertz CT molecular complexity index is 714. The molecular weight excluding hydrogens is 335 g/mol. The maximum atomic E-state index is 12.8. The molecule has 112 valence electrons. The summed E-state index contributed by atoms with van der Waals surface area (Å²) in [6, 6.07) is 16.9. The van der Waals surface area contributed by atoms with Gasteiger partial charge in [0.2, 0.25) is 0 Å². The van der Waals surface area contributed by atoms with Gasteiger partial charge in [0.1, 0.15) is 5.82 Å². The normalized spacial score (nSPS) is 10.8. The monoisotopic (exact) mass is 348 g/mol. The van der Waals surface area contributed by atoms with Gasteiger partial charge in [-0.3, -0.25) is 0 Å². The van der Waals surface area contributed by atoms with Gasteiger partial charge in [-0.05, 0) is 23.3 Å². The van der Waals surface area contributed by atoms with E-state index in [0.29, 0.717) is 0 Å². The van der Waals surface area contributed by atoms with Crippen LogP contribution in [0.15, 0.2) is 63.3 Å². The molecule has 1 heterocycles. The quantitative estimate of drug-likeness (QED) is 0.567.